The molecule has 0 aliphatic heterocycles. The van der Waals surface area contributed by atoms with Crippen LogP contribution in [-0.4, -0.2) is 20.7 Å². The van der Waals surface area contributed by atoms with Crippen molar-refractivity contribution in [2.45, 2.75) is 13.1 Å². The predicted octanol–water partition coefficient (Wildman–Crippen LogP) is 0.316. The lowest BCUT2D eigenvalue weighted by molar-refractivity contribution is -0.122. The van der Waals surface area contributed by atoms with E-state index in [1.807, 2.05) is 0 Å². The number of amides is 1. The normalized spacial score (nSPS) is 10.3. The van der Waals surface area contributed by atoms with Crippen LogP contribution >= 0.6 is 0 Å². The van der Waals surface area contributed by atoms with Gasteiger partial charge in [-0.05, 0) is 6.07 Å². The van der Waals surface area contributed by atoms with Crippen molar-refractivity contribution in [1.29, 1.82) is 0 Å². The molecule has 0 fully saturated rings. The summed E-state index contributed by atoms with van der Waals surface area (Å²) in [5, 5.41) is 6.36. The van der Waals surface area contributed by atoms with Crippen LogP contribution in [0.4, 0.5) is 10.3 Å². The van der Waals surface area contributed by atoms with E-state index in [-0.39, 0.29) is 30.8 Å². The second-order valence-electron chi connectivity index (χ2n) is 3.67. The van der Waals surface area contributed by atoms with Gasteiger partial charge in [0.15, 0.2) is 0 Å². The van der Waals surface area contributed by atoms with Crippen LogP contribution in [0.1, 0.15) is 5.56 Å². The Labute approximate surface area is 103 Å². The zero-order chi connectivity index (χ0) is 13.0. The molecular weight excluding hydrogens is 237 g/mol. The molecule has 0 bridgehead atoms. The number of rotatable bonds is 4. The van der Waals surface area contributed by atoms with Crippen LogP contribution in [0.5, 0.6) is 0 Å². The number of nitrogens with one attached hydrogen (secondary N) is 1. The molecule has 0 atom stereocenters. The summed E-state index contributed by atoms with van der Waals surface area (Å²) in [7, 11) is 0. The van der Waals surface area contributed by atoms with E-state index in [1.165, 1.54) is 17.1 Å². The van der Waals surface area contributed by atoms with Gasteiger partial charge in [-0.1, -0.05) is 18.2 Å². The molecular formula is C11H12FN5O. The van der Waals surface area contributed by atoms with Crippen LogP contribution < -0.4 is 11.1 Å². The van der Waals surface area contributed by atoms with Gasteiger partial charge in [0.25, 0.3) is 0 Å². The molecule has 0 saturated carbocycles. The molecule has 0 radical (unpaired) electrons. The molecule has 0 aliphatic rings. The van der Waals surface area contributed by atoms with Crippen molar-refractivity contribution in [3.8, 4) is 0 Å². The molecule has 2 rings (SSSR count). The minimum absolute atomic E-state index is 0.00134. The highest BCUT2D eigenvalue weighted by atomic mass is 19.1. The van der Waals surface area contributed by atoms with Crippen molar-refractivity contribution in [3.63, 3.8) is 0 Å². The third kappa shape index (κ3) is 3.03. The van der Waals surface area contributed by atoms with Gasteiger partial charge < -0.3 is 11.1 Å². The molecule has 18 heavy (non-hydrogen) atoms. The van der Waals surface area contributed by atoms with E-state index >= 15 is 0 Å². The Balaban J connectivity index is 1.87. The summed E-state index contributed by atoms with van der Waals surface area (Å²) in [6.07, 6.45) is 1.36. The lowest BCUT2D eigenvalue weighted by atomic mass is 10.2. The van der Waals surface area contributed by atoms with E-state index in [9.17, 15) is 9.18 Å². The number of nitrogen functional groups attached to an aromatic ring is 1. The number of carbonyl (C=O) groups excluding carboxylic acids is 1. The Morgan fingerprint density at radius 2 is 2.22 bits per heavy atom. The van der Waals surface area contributed by atoms with Crippen LogP contribution in [0.25, 0.3) is 0 Å². The van der Waals surface area contributed by atoms with Gasteiger partial charge in [0.05, 0.1) is 0 Å². The Hall–Kier alpha value is -2.44. The van der Waals surface area contributed by atoms with Gasteiger partial charge in [-0.15, -0.1) is 5.10 Å². The summed E-state index contributed by atoms with van der Waals surface area (Å²) in [6, 6.07) is 6.27. The summed E-state index contributed by atoms with van der Waals surface area (Å²) in [6.45, 7) is 0.133. The van der Waals surface area contributed by atoms with E-state index in [0.29, 0.717) is 5.56 Å². The van der Waals surface area contributed by atoms with Gasteiger partial charge >= 0.3 is 0 Å². The zero-order valence-electron chi connectivity index (χ0n) is 9.51. The largest absolute Gasteiger partial charge is 0.367 e. The van der Waals surface area contributed by atoms with E-state index < -0.39 is 0 Å². The predicted molar refractivity (Wildman–Crippen MR) is 62.7 cm³/mol. The first-order valence-electron chi connectivity index (χ1n) is 5.30. The van der Waals surface area contributed by atoms with Crippen molar-refractivity contribution < 1.29 is 9.18 Å². The van der Waals surface area contributed by atoms with Gasteiger partial charge in [0.2, 0.25) is 11.9 Å². The maximum absolute atomic E-state index is 13.3. The van der Waals surface area contributed by atoms with Crippen molar-refractivity contribution in [2.24, 2.45) is 0 Å². The molecule has 0 unspecified atom stereocenters. The summed E-state index contributed by atoms with van der Waals surface area (Å²) >= 11 is 0. The number of halogens is 1. The minimum atomic E-state index is -0.345. The number of anilines is 1. The average Bonchev–Trinajstić information content (AvgIpc) is 2.74. The highest BCUT2D eigenvalue weighted by molar-refractivity contribution is 5.75. The van der Waals surface area contributed by atoms with Gasteiger partial charge in [-0.2, -0.15) is 0 Å². The highest BCUT2D eigenvalue weighted by Crippen LogP contribution is 2.05. The molecule has 0 saturated heterocycles. The number of nitrogens with zero attached hydrogens (tertiary/aromatic N) is 3. The van der Waals surface area contributed by atoms with Gasteiger partial charge in [-0.25, -0.2) is 14.1 Å². The van der Waals surface area contributed by atoms with Gasteiger partial charge in [-0.3, -0.25) is 4.79 Å². The van der Waals surface area contributed by atoms with Gasteiger partial charge in [0.1, 0.15) is 18.7 Å². The van der Waals surface area contributed by atoms with Crippen molar-refractivity contribution in [3.05, 3.63) is 42.0 Å². The van der Waals surface area contributed by atoms with Crippen LogP contribution in [0.2, 0.25) is 0 Å². The summed E-state index contributed by atoms with van der Waals surface area (Å²) in [5.74, 6) is -0.525. The van der Waals surface area contributed by atoms with Crippen LogP contribution in [-0.2, 0) is 17.9 Å². The molecule has 6 nitrogen and oxygen atoms in total. The van der Waals surface area contributed by atoms with E-state index in [4.69, 9.17) is 5.73 Å². The number of hydrogen-bond donors (Lipinski definition) is 2. The number of carbonyl (C=O) groups is 1. The summed E-state index contributed by atoms with van der Waals surface area (Å²) in [5.41, 5.74) is 5.75. The third-order valence-electron chi connectivity index (χ3n) is 2.29. The molecule has 94 valence electrons. The van der Waals surface area contributed by atoms with Crippen molar-refractivity contribution in [2.75, 3.05) is 5.73 Å². The Kier molecular flexibility index (Phi) is 3.52. The molecule has 0 aliphatic carbocycles. The fourth-order valence-electron chi connectivity index (χ4n) is 1.42. The lowest BCUT2D eigenvalue weighted by Gasteiger charge is -2.05. The third-order valence-corrected chi connectivity index (χ3v) is 2.29. The topological polar surface area (TPSA) is 85.8 Å². The zero-order valence-corrected chi connectivity index (χ0v) is 9.51. The molecule has 0 spiro atoms. The van der Waals surface area contributed by atoms with Crippen molar-refractivity contribution in [1.82, 2.24) is 20.1 Å². The van der Waals surface area contributed by atoms with Crippen LogP contribution in [0, 0.1) is 5.82 Å². The van der Waals surface area contributed by atoms with E-state index in [2.05, 4.69) is 15.4 Å². The Bertz CT molecular complexity index is 554. The molecule has 1 heterocycles. The first kappa shape index (κ1) is 12.0. The monoisotopic (exact) mass is 249 g/mol. The number of aromatic nitrogens is 3. The van der Waals surface area contributed by atoms with E-state index in [1.54, 1.807) is 18.2 Å². The van der Waals surface area contributed by atoms with Crippen LogP contribution in [0.3, 0.4) is 0 Å². The maximum atomic E-state index is 13.3. The smallest absolute Gasteiger partial charge is 0.242 e. The number of hydrogen-bond acceptors (Lipinski definition) is 4. The molecule has 1 amide bonds. The average molecular weight is 249 g/mol. The SMILES string of the molecule is Nc1ncn(CC(=O)NCc2ccccc2F)n1. The molecule has 3 N–H and O–H groups in total. The minimum Gasteiger partial charge on any atom is -0.367 e. The first-order chi connectivity index (χ1) is 8.65. The quantitative estimate of drug-likeness (QED) is 0.816. The molecule has 1 aromatic heterocycles. The van der Waals surface area contributed by atoms with Crippen LogP contribution in [0.15, 0.2) is 30.6 Å². The molecule has 7 heteroatoms. The fraction of sp³-hybridized carbons (Fsp3) is 0.182. The first-order valence-corrected chi connectivity index (χ1v) is 5.30. The Morgan fingerprint density at radius 1 is 1.44 bits per heavy atom. The number of benzene rings is 1. The standard InChI is InChI=1S/C11H12FN5O/c12-9-4-2-1-3-8(9)5-14-10(18)6-17-7-15-11(13)16-17/h1-4,7H,5-6H2,(H2,13,16)(H,14,18). The second-order valence-corrected chi connectivity index (χ2v) is 3.67. The summed E-state index contributed by atoms with van der Waals surface area (Å²) in [4.78, 5) is 15.2. The molecule has 1 aromatic carbocycles. The van der Waals surface area contributed by atoms with E-state index in [0.717, 1.165) is 0 Å². The molecule has 2 aromatic rings. The Morgan fingerprint density at radius 3 is 2.89 bits per heavy atom. The lowest BCUT2D eigenvalue weighted by Crippen LogP contribution is -2.27. The highest BCUT2D eigenvalue weighted by Gasteiger charge is 2.06. The van der Waals surface area contributed by atoms with Gasteiger partial charge in [0, 0.05) is 12.1 Å². The second kappa shape index (κ2) is 5.26. The van der Waals surface area contributed by atoms with Crippen molar-refractivity contribution >= 4 is 11.9 Å². The summed E-state index contributed by atoms with van der Waals surface area (Å²) < 4.78 is 14.6. The maximum Gasteiger partial charge on any atom is 0.242 e. The number of nitrogens with two attached hydrogens (primary N) is 1. The fourth-order valence-corrected chi connectivity index (χ4v) is 1.42.